The Balaban J connectivity index is 0.000000148. The summed E-state index contributed by atoms with van der Waals surface area (Å²) < 4.78 is 4.12. The monoisotopic (exact) mass is 470 g/mol. The van der Waals surface area contributed by atoms with Gasteiger partial charge in [0.1, 0.15) is 0 Å². The van der Waals surface area contributed by atoms with Crippen LogP contribution in [0.1, 0.15) is 0 Å². The zero-order valence-electron chi connectivity index (χ0n) is 20.2. The topological polar surface area (TPSA) is 61.4 Å². The summed E-state index contributed by atoms with van der Waals surface area (Å²) in [6.07, 6.45) is 7.60. The normalized spacial score (nSPS) is 10.5. The molecule has 6 rings (SSSR count). The Morgan fingerprint density at radius 1 is 0.417 bits per heavy atom. The molecule has 0 N–H and O–H groups in total. The van der Waals surface area contributed by atoms with Crippen LogP contribution >= 0.6 is 0 Å². The molecule has 0 aliphatic rings. The summed E-state index contributed by atoms with van der Waals surface area (Å²) in [7, 11) is 4.04. The maximum absolute atomic E-state index is 4.66. The van der Waals surface area contributed by atoms with Crippen LogP contribution in [0.25, 0.3) is 45.6 Å². The minimum atomic E-state index is 0.897. The lowest BCUT2D eigenvalue weighted by atomic mass is 10.2. The van der Waals surface area contributed by atoms with E-state index in [2.05, 4.69) is 41.2 Å². The highest BCUT2D eigenvalue weighted by molar-refractivity contribution is 5.63. The van der Waals surface area contributed by atoms with Gasteiger partial charge in [-0.1, -0.05) is 24.3 Å². The van der Waals surface area contributed by atoms with E-state index < -0.39 is 0 Å². The van der Waals surface area contributed by atoms with Gasteiger partial charge in [0.05, 0.1) is 45.6 Å². The second-order valence-corrected chi connectivity index (χ2v) is 8.25. The molecule has 0 atom stereocenters. The molecule has 0 spiro atoms. The van der Waals surface area contributed by atoms with Crippen LogP contribution in [0.3, 0.4) is 0 Å². The van der Waals surface area contributed by atoms with Crippen LogP contribution in [0, 0.1) is 0 Å². The molecule has 0 bridgehead atoms. The molecule has 0 aliphatic heterocycles. The average molecular weight is 471 g/mol. The van der Waals surface area contributed by atoms with Gasteiger partial charge < -0.3 is 9.13 Å². The number of aryl methyl sites for hydroxylation is 2. The smallest absolute Gasteiger partial charge is 0.0894 e. The summed E-state index contributed by atoms with van der Waals surface area (Å²) in [6.45, 7) is 0. The molecule has 6 heteroatoms. The fraction of sp³-hybridized carbons (Fsp3) is 0.0667. The summed E-state index contributed by atoms with van der Waals surface area (Å²) in [4.78, 5) is 18.0. The number of nitrogens with zero attached hydrogens (tertiary/aromatic N) is 6. The second kappa shape index (κ2) is 10.6. The third-order valence-corrected chi connectivity index (χ3v) is 5.77. The van der Waals surface area contributed by atoms with Crippen molar-refractivity contribution in [1.82, 2.24) is 29.1 Å². The van der Waals surface area contributed by atoms with Crippen LogP contribution in [-0.4, -0.2) is 29.1 Å². The Labute approximate surface area is 210 Å². The molecule has 0 aliphatic carbocycles. The standard InChI is InChI=1S/2C15H13N3/c2*1-18-11-5-9-15(18)14-8-4-7-13(17-14)12-6-2-3-10-16-12/h2*2-11H,1H3. The van der Waals surface area contributed by atoms with Crippen LogP contribution in [0.5, 0.6) is 0 Å². The van der Waals surface area contributed by atoms with Crippen molar-refractivity contribution in [2.24, 2.45) is 14.1 Å². The van der Waals surface area contributed by atoms with Crippen LogP contribution in [0.15, 0.2) is 122 Å². The Kier molecular flexibility index (Phi) is 6.76. The van der Waals surface area contributed by atoms with E-state index in [9.17, 15) is 0 Å². The van der Waals surface area contributed by atoms with Gasteiger partial charge in [0.25, 0.3) is 0 Å². The van der Waals surface area contributed by atoms with Crippen LogP contribution in [-0.2, 0) is 14.1 Å². The molecule has 0 fully saturated rings. The molecular formula is C30H26N6. The molecule has 0 unspecified atom stereocenters. The molecule has 6 aromatic heterocycles. The van der Waals surface area contributed by atoms with Crippen molar-refractivity contribution < 1.29 is 0 Å². The van der Waals surface area contributed by atoms with Crippen molar-refractivity contribution in [3.63, 3.8) is 0 Å². The number of aromatic nitrogens is 6. The summed E-state index contributed by atoms with van der Waals surface area (Å²) in [5.74, 6) is 0. The molecular weight excluding hydrogens is 444 g/mol. The lowest BCUT2D eigenvalue weighted by molar-refractivity contribution is 0.931. The van der Waals surface area contributed by atoms with Gasteiger partial charge in [-0.15, -0.1) is 0 Å². The lowest BCUT2D eigenvalue weighted by Crippen LogP contribution is -1.94. The summed E-state index contributed by atoms with van der Waals surface area (Å²) in [6, 6.07) is 31.9. The number of pyridine rings is 4. The van der Waals surface area contributed by atoms with E-state index >= 15 is 0 Å². The highest BCUT2D eigenvalue weighted by atomic mass is 15.0. The van der Waals surface area contributed by atoms with Gasteiger partial charge in [-0.2, -0.15) is 0 Å². The van der Waals surface area contributed by atoms with Gasteiger partial charge in [0.15, 0.2) is 0 Å². The number of hydrogen-bond donors (Lipinski definition) is 0. The maximum Gasteiger partial charge on any atom is 0.0894 e. The van der Waals surface area contributed by atoms with E-state index in [1.807, 2.05) is 111 Å². The lowest BCUT2D eigenvalue weighted by Gasteiger charge is -2.05. The first-order valence-corrected chi connectivity index (χ1v) is 11.7. The Morgan fingerprint density at radius 2 is 0.833 bits per heavy atom. The van der Waals surface area contributed by atoms with Crippen LogP contribution < -0.4 is 0 Å². The van der Waals surface area contributed by atoms with Gasteiger partial charge in [-0.3, -0.25) is 9.97 Å². The second-order valence-electron chi connectivity index (χ2n) is 8.25. The largest absolute Gasteiger partial charge is 0.349 e. The van der Waals surface area contributed by atoms with E-state index in [0.717, 1.165) is 45.6 Å². The molecule has 0 saturated heterocycles. The van der Waals surface area contributed by atoms with Crippen molar-refractivity contribution in [2.45, 2.75) is 0 Å². The Bertz CT molecular complexity index is 1430. The van der Waals surface area contributed by atoms with Crippen molar-refractivity contribution >= 4 is 0 Å². The Hall–Kier alpha value is -4.84. The van der Waals surface area contributed by atoms with Crippen LogP contribution in [0.2, 0.25) is 0 Å². The van der Waals surface area contributed by atoms with Gasteiger partial charge in [0.2, 0.25) is 0 Å². The van der Waals surface area contributed by atoms with E-state index in [-0.39, 0.29) is 0 Å². The van der Waals surface area contributed by atoms with Gasteiger partial charge in [-0.25, -0.2) is 9.97 Å². The number of rotatable bonds is 4. The predicted molar refractivity (Wildman–Crippen MR) is 144 cm³/mol. The average Bonchev–Trinajstić information content (AvgIpc) is 3.58. The van der Waals surface area contributed by atoms with Gasteiger partial charge in [-0.05, 0) is 72.8 Å². The first-order chi connectivity index (χ1) is 17.7. The Morgan fingerprint density at radius 3 is 1.19 bits per heavy atom. The molecule has 36 heavy (non-hydrogen) atoms. The zero-order chi connectivity index (χ0) is 24.7. The maximum atomic E-state index is 4.66. The molecule has 0 radical (unpaired) electrons. The fourth-order valence-electron chi connectivity index (χ4n) is 3.92. The molecule has 6 heterocycles. The van der Waals surface area contributed by atoms with E-state index in [1.54, 1.807) is 12.4 Å². The van der Waals surface area contributed by atoms with Crippen molar-refractivity contribution in [3.8, 4) is 45.6 Å². The minimum Gasteiger partial charge on any atom is -0.349 e. The third kappa shape index (κ3) is 5.13. The van der Waals surface area contributed by atoms with Gasteiger partial charge in [0, 0.05) is 38.9 Å². The summed E-state index contributed by atoms with van der Waals surface area (Å²) in [5, 5.41) is 0. The SMILES string of the molecule is Cn1cccc1-c1cccc(-c2ccccn2)n1.Cn1cccc1-c1cccc(-c2ccccn2)n1. The molecule has 176 valence electrons. The highest BCUT2D eigenvalue weighted by Crippen LogP contribution is 2.22. The molecule has 0 aromatic carbocycles. The van der Waals surface area contributed by atoms with E-state index in [4.69, 9.17) is 0 Å². The first-order valence-electron chi connectivity index (χ1n) is 11.7. The van der Waals surface area contributed by atoms with E-state index in [0.29, 0.717) is 0 Å². The first kappa shape index (κ1) is 22.9. The quantitative estimate of drug-likeness (QED) is 0.303. The predicted octanol–water partition coefficient (Wildman–Crippen LogP) is 6.30. The highest BCUT2D eigenvalue weighted by Gasteiger charge is 2.07. The van der Waals surface area contributed by atoms with Crippen molar-refractivity contribution in [3.05, 3.63) is 122 Å². The van der Waals surface area contributed by atoms with Gasteiger partial charge >= 0.3 is 0 Å². The molecule has 6 nitrogen and oxygen atoms in total. The third-order valence-electron chi connectivity index (χ3n) is 5.77. The summed E-state index contributed by atoms with van der Waals surface area (Å²) >= 11 is 0. The van der Waals surface area contributed by atoms with E-state index in [1.165, 1.54) is 0 Å². The molecule has 6 aromatic rings. The molecule has 0 saturated carbocycles. The fourth-order valence-corrected chi connectivity index (χ4v) is 3.92. The van der Waals surface area contributed by atoms with Crippen molar-refractivity contribution in [1.29, 1.82) is 0 Å². The zero-order valence-corrected chi connectivity index (χ0v) is 20.2. The minimum absolute atomic E-state index is 0.897. The number of hydrogen-bond acceptors (Lipinski definition) is 4. The van der Waals surface area contributed by atoms with Crippen molar-refractivity contribution in [2.75, 3.05) is 0 Å². The molecule has 0 amide bonds. The van der Waals surface area contributed by atoms with Crippen LogP contribution in [0.4, 0.5) is 0 Å². The summed E-state index contributed by atoms with van der Waals surface area (Å²) in [5.41, 5.74) is 7.72.